The molecule has 23 heavy (non-hydrogen) atoms. The van der Waals surface area contributed by atoms with E-state index in [0.29, 0.717) is 22.5 Å². The van der Waals surface area contributed by atoms with Crippen molar-refractivity contribution in [1.29, 1.82) is 0 Å². The minimum Gasteiger partial charge on any atom is -0.339 e. The number of amides is 1. The molecule has 2 aromatic rings. The summed E-state index contributed by atoms with van der Waals surface area (Å²) in [7, 11) is 1.92. The van der Waals surface area contributed by atoms with Crippen molar-refractivity contribution in [1.82, 2.24) is 4.90 Å². The van der Waals surface area contributed by atoms with Crippen LogP contribution in [0, 0.1) is 0 Å². The van der Waals surface area contributed by atoms with Crippen molar-refractivity contribution in [3.63, 3.8) is 0 Å². The van der Waals surface area contributed by atoms with Crippen LogP contribution in [0.3, 0.4) is 0 Å². The maximum atomic E-state index is 12.6. The Morgan fingerprint density at radius 1 is 0.957 bits per heavy atom. The molecule has 1 amide bonds. The molecule has 0 spiro atoms. The molecule has 3 rings (SSSR count). The van der Waals surface area contributed by atoms with Crippen LogP contribution in [0.5, 0.6) is 0 Å². The Labute approximate surface area is 143 Å². The van der Waals surface area contributed by atoms with Crippen LogP contribution in [0.4, 0.5) is 0 Å². The smallest absolute Gasteiger partial charge is 0.253 e. The highest BCUT2D eigenvalue weighted by Crippen LogP contribution is 2.34. The molecule has 1 aliphatic carbocycles. The summed E-state index contributed by atoms with van der Waals surface area (Å²) >= 11 is 5.89. The van der Waals surface area contributed by atoms with Gasteiger partial charge in [0, 0.05) is 23.7 Å². The van der Waals surface area contributed by atoms with Crippen LogP contribution in [0.15, 0.2) is 54.6 Å². The number of hydrogen-bond acceptors (Lipinski definition) is 1. The van der Waals surface area contributed by atoms with E-state index < -0.39 is 0 Å². The average Bonchev–Trinajstić information content (AvgIpc) is 2.62. The maximum Gasteiger partial charge on any atom is 0.253 e. The van der Waals surface area contributed by atoms with Gasteiger partial charge < -0.3 is 4.90 Å². The summed E-state index contributed by atoms with van der Waals surface area (Å²) in [5, 5.41) is 0.660. The molecule has 1 aliphatic rings. The number of halogens is 1. The van der Waals surface area contributed by atoms with Crippen LogP contribution in [-0.4, -0.2) is 23.9 Å². The number of rotatable bonds is 3. The van der Waals surface area contributed by atoms with Gasteiger partial charge in [-0.15, -0.1) is 0 Å². The van der Waals surface area contributed by atoms with E-state index in [2.05, 4.69) is 30.3 Å². The van der Waals surface area contributed by atoms with Gasteiger partial charge in [-0.2, -0.15) is 0 Å². The lowest BCUT2D eigenvalue weighted by molar-refractivity contribution is 0.0689. The Morgan fingerprint density at radius 2 is 1.57 bits per heavy atom. The zero-order valence-corrected chi connectivity index (χ0v) is 14.2. The Bertz CT molecular complexity index is 645. The Morgan fingerprint density at radius 3 is 2.17 bits per heavy atom. The van der Waals surface area contributed by atoms with Crippen LogP contribution < -0.4 is 0 Å². The van der Waals surface area contributed by atoms with E-state index in [1.54, 1.807) is 24.3 Å². The maximum absolute atomic E-state index is 12.6. The molecule has 2 nitrogen and oxygen atoms in total. The summed E-state index contributed by atoms with van der Waals surface area (Å²) in [6, 6.07) is 18.2. The molecule has 3 heteroatoms. The quantitative estimate of drug-likeness (QED) is 0.764. The van der Waals surface area contributed by atoms with E-state index in [1.807, 2.05) is 11.9 Å². The van der Waals surface area contributed by atoms with Crippen molar-refractivity contribution in [2.75, 3.05) is 7.05 Å². The molecule has 2 aromatic carbocycles. The first-order valence-electron chi connectivity index (χ1n) is 8.23. The molecule has 0 atom stereocenters. The molecule has 1 saturated carbocycles. The average molecular weight is 328 g/mol. The summed E-state index contributed by atoms with van der Waals surface area (Å²) in [4.78, 5) is 14.5. The van der Waals surface area contributed by atoms with Gasteiger partial charge in [0.25, 0.3) is 5.91 Å². The second-order valence-corrected chi connectivity index (χ2v) is 6.78. The molecule has 0 heterocycles. The number of hydrogen-bond donors (Lipinski definition) is 0. The topological polar surface area (TPSA) is 20.3 Å². The van der Waals surface area contributed by atoms with E-state index in [9.17, 15) is 4.79 Å². The van der Waals surface area contributed by atoms with E-state index in [1.165, 1.54) is 5.56 Å². The fraction of sp³-hybridized carbons (Fsp3) is 0.350. The van der Waals surface area contributed by atoms with E-state index in [0.717, 1.165) is 25.7 Å². The van der Waals surface area contributed by atoms with Gasteiger partial charge in [0.1, 0.15) is 0 Å². The monoisotopic (exact) mass is 327 g/mol. The molecule has 0 aliphatic heterocycles. The van der Waals surface area contributed by atoms with E-state index in [4.69, 9.17) is 11.6 Å². The highest BCUT2D eigenvalue weighted by atomic mass is 35.5. The second kappa shape index (κ2) is 7.18. The molecule has 0 radical (unpaired) electrons. The largest absolute Gasteiger partial charge is 0.339 e. The predicted molar refractivity (Wildman–Crippen MR) is 95.0 cm³/mol. The number of benzene rings is 2. The molecule has 0 bridgehead atoms. The number of nitrogens with zero attached hydrogens (tertiary/aromatic N) is 1. The van der Waals surface area contributed by atoms with Crippen LogP contribution in [0.25, 0.3) is 0 Å². The van der Waals surface area contributed by atoms with Gasteiger partial charge in [-0.25, -0.2) is 0 Å². The number of carbonyl (C=O) groups excluding carboxylic acids is 1. The molecule has 0 aromatic heterocycles. The van der Waals surface area contributed by atoms with Gasteiger partial charge in [0.05, 0.1) is 0 Å². The fourth-order valence-corrected chi connectivity index (χ4v) is 3.61. The van der Waals surface area contributed by atoms with E-state index in [-0.39, 0.29) is 5.91 Å². The van der Waals surface area contributed by atoms with Crippen LogP contribution in [0.2, 0.25) is 5.02 Å². The zero-order valence-electron chi connectivity index (χ0n) is 13.4. The molecule has 0 unspecified atom stereocenters. The molecule has 1 fully saturated rings. The van der Waals surface area contributed by atoms with Gasteiger partial charge >= 0.3 is 0 Å². The Kier molecular flexibility index (Phi) is 5.02. The van der Waals surface area contributed by atoms with Crippen molar-refractivity contribution < 1.29 is 4.79 Å². The van der Waals surface area contributed by atoms with Crippen molar-refractivity contribution in [2.45, 2.75) is 37.6 Å². The second-order valence-electron chi connectivity index (χ2n) is 6.34. The van der Waals surface area contributed by atoms with Gasteiger partial charge in [-0.3, -0.25) is 4.79 Å². The van der Waals surface area contributed by atoms with Crippen LogP contribution in [-0.2, 0) is 0 Å². The molecule has 120 valence electrons. The third-order valence-corrected chi connectivity index (χ3v) is 5.18. The third-order valence-electron chi connectivity index (χ3n) is 4.93. The lowest BCUT2D eigenvalue weighted by atomic mass is 9.81. The van der Waals surface area contributed by atoms with Crippen molar-refractivity contribution >= 4 is 17.5 Å². The Balaban J connectivity index is 1.60. The zero-order chi connectivity index (χ0) is 16.2. The SMILES string of the molecule is CN(C(=O)c1ccc(Cl)cc1)[C@H]1CC[C@H](c2ccccc2)CC1. The Hall–Kier alpha value is -1.80. The van der Waals surface area contributed by atoms with Crippen molar-refractivity contribution in [3.05, 3.63) is 70.7 Å². The first-order chi connectivity index (χ1) is 11.1. The molecular formula is C20H22ClNO. The fourth-order valence-electron chi connectivity index (χ4n) is 3.48. The molecular weight excluding hydrogens is 306 g/mol. The summed E-state index contributed by atoms with van der Waals surface area (Å²) in [5.41, 5.74) is 2.14. The van der Waals surface area contributed by atoms with Crippen molar-refractivity contribution in [3.8, 4) is 0 Å². The summed E-state index contributed by atoms with van der Waals surface area (Å²) in [6.45, 7) is 0. The van der Waals surface area contributed by atoms with Gasteiger partial charge in [-0.05, 0) is 61.4 Å². The van der Waals surface area contributed by atoms with Gasteiger partial charge in [-0.1, -0.05) is 41.9 Å². The first-order valence-corrected chi connectivity index (χ1v) is 8.60. The minimum absolute atomic E-state index is 0.0878. The summed E-state index contributed by atoms with van der Waals surface area (Å²) in [6.07, 6.45) is 4.42. The standard InChI is InChI=1S/C20H22ClNO/c1-22(20(23)17-7-11-18(21)12-8-17)19-13-9-16(10-14-19)15-5-3-2-4-6-15/h2-8,11-12,16,19H,9-10,13-14H2,1H3/t16-,19-. The first kappa shape index (κ1) is 16.1. The normalized spacial score (nSPS) is 21.0. The number of carbonyl (C=O) groups is 1. The van der Waals surface area contributed by atoms with E-state index >= 15 is 0 Å². The van der Waals surface area contributed by atoms with Crippen LogP contribution >= 0.6 is 11.6 Å². The molecule has 0 N–H and O–H groups in total. The third kappa shape index (κ3) is 3.76. The highest BCUT2D eigenvalue weighted by Gasteiger charge is 2.27. The van der Waals surface area contributed by atoms with Crippen molar-refractivity contribution in [2.24, 2.45) is 0 Å². The lowest BCUT2D eigenvalue weighted by Gasteiger charge is -2.35. The van der Waals surface area contributed by atoms with Crippen LogP contribution in [0.1, 0.15) is 47.5 Å². The minimum atomic E-state index is 0.0878. The van der Waals surface area contributed by atoms with Gasteiger partial charge in [0.2, 0.25) is 0 Å². The summed E-state index contributed by atoms with van der Waals surface area (Å²) < 4.78 is 0. The highest BCUT2D eigenvalue weighted by molar-refractivity contribution is 6.30. The molecule has 0 saturated heterocycles. The van der Waals surface area contributed by atoms with Gasteiger partial charge in [0.15, 0.2) is 0 Å². The summed E-state index contributed by atoms with van der Waals surface area (Å²) in [5.74, 6) is 0.719. The lowest BCUT2D eigenvalue weighted by Crippen LogP contribution is -2.39. The predicted octanol–water partition coefficient (Wildman–Crippen LogP) is 5.14.